The second-order valence-corrected chi connectivity index (χ2v) is 5.00. The van der Waals surface area contributed by atoms with Crippen LogP contribution in [0.2, 0.25) is 0 Å². The summed E-state index contributed by atoms with van der Waals surface area (Å²) in [7, 11) is 0. The zero-order valence-corrected chi connectivity index (χ0v) is 12.1. The molecule has 0 fully saturated rings. The summed E-state index contributed by atoms with van der Waals surface area (Å²) >= 11 is 0. The fourth-order valence-electron chi connectivity index (χ4n) is 1.89. The van der Waals surface area contributed by atoms with Crippen molar-refractivity contribution in [1.82, 2.24) is 4.98 Å². The lowest BCUT2D eigenvalue weighted by Crippen LogP contribution is -2.22. The van der Waals surface area contributed by atoms with Crippen molar-refractivity contribution in [1.29, 1.82) is 0 Å². The van der Waals surface area contributed by atoms with Crippen LogP contribution in [0.4, 0.5) is 5.69 Å². The first-order valence-corrected chi connectivity index (χ1v) is 6.59. The van der Waals surface area contributed by atoms with Gasteiger partial charge in [0.2, 0.25) is 0 Å². The summed E-state index contributed by atoms with van der Waals surface area (Å²) in [6.45, 7) is 6.70. The van der Waals surface area contributed by atoms with Crippen LogP contribution in [0, 0.1) is 20.8 Å². The summed E-state index contributed by atoms with van der Waals surface area (Å²) in [4.78, 5) is 8.46. The summed E-state index contributed by atoms with van der Waals surface area (Å²) < 4.78 is 0. The Morgan fingerprint density at radius 3 is 2.65 bits per heavy atom. The molecule has 0 aliphatic rings. The number of anilines is 1. The van der Waals surface area contributed by atoms with E-state index < -0.39 is 0 Å². The van der Waals surface area contributed by atoms with E-state index in [9.17, 15) is 0 Å². The van der Waals surface area contributed by atoms with Crippen molar-refractivity contribution >= 4 is 11.6 Å². The van der Waals surface area contributed by atoms with Crippen LogP contribution in [-0.2, 0) is 6.54 Å². The molecule has 0 amide bonds. The van der Waals surface area contributed by atoms with Gasteiger partial charge in [0.1, 0.15) is 0 Å². The van der Waals surface area contributed by atoms with Gasteiger partial charge in [-0.05, 0) is 55.2 Å². The molecule has 0 unspecified atom stereocenters. The minimum absolute atomic E-state index is 0.412. The lowest BCUT2D eigenvalue weighted by molar-refractivity contribution is 1.03. The molecular weight excluding hydrogens is 248 g/mol. The molecule has 2 aromatic rings. The molecule has 3 N–H and O–H groups in total. The molecular formula is C16H20N4. The van der Waals surface area contributed by atoms with Crippen LogP contribution < -0.4 is 11.1 Å². The van der Waals surface area contributed by atoms with E-state index >= 15 is 0 Å². The number of aromatic nitrogens is 1. The summed E-state index contributed by atoms with van der Waals surface area (Å²) in [6.07, 6.45) is 3.63. The highest BCUT2D eigenvalue weighted by molar-refractivity contribution is 5.92. The van der Waals surface area contributed by atoms with Crippen molar-refractivity contribution in [3.8, 4) is 0 Å². The van der Waals surface area contributed by atoms with E-state index in [0.717, 1.165) is 16.8 Å². The zero-order valence-electron chi connectivity index (χ0n) is 12.1. The molecule has 0 atom stereocenters. The molecule has 1 aromatic heterocycles. The van der Waals surface area contributed by atoms with Crippen LogP contribution in [0.5, 0.6) is 0 Å². The molecule has 0 aliphatic carbocycles. The lowest BCUT2D eigenvalue weighted by atomic mass is 10.1. The second-order valence-electron chi connectivity index (χ2n) is 5.00. The number of hydrogen-bond acceptors (Lipinski definition) is 2. The average molecular weight is 268 g/mol. The number of nitrogens with one attached hydrogen (secondary N) is 1. The third kappa shape index (κ3) is 3.82. The quantitative estimate of drug-likeness (QED) is 0.664. The van der Waals surface area contributed by atoms with Gasteiger partial charge < -0.3 is 11.1 Å². The summed E-state index contributed by atoms with van der Waals surface area (Å²) in [6, 6.07) is 8.18. The highest BCUT2D eigenvalue weighted by Crippen LogP contribution is 2.13. The summed E-state index contributed by atoms with van der Waals surface area (Å²) in [5, 5.41) is 3.10. The number of rotatable bonds is 3. The van der Waals surface area contributed by atoms with Crippen molar-refractivity contribution in [3.05, 3.63) is 58.9 Å². The second kappa shape index (κ2) is 6.19. The van der Waals surface area contributed by atoms with Crippen LogP contribution in [0.1, 0.15) is 22.3 Å². The van der Waals surface area contributed by atoms with Crippen LogP contribution in [0.15, 0.2) is 41.7 Å². The SMILES string of the molecule is Cc1cncc(CN=C(N)Nc2ccc(C)c(C)c2)c1. The molecule has 4 nitrogen and oxygen atoms in total. The lowest BCUT2D eigenvalue weighted by Gasteiger charge is -2.08. The smallest absolute Gasteiger partial charge is 0.193 e. The number of aliphatic imine (C=N–C) groups is 1. The number of nitrogens with two attached hydrogens (primary N) is 1. The van der Waals surface area contributed by atoms with Gasteiger partial charge in [-0.3, -0.25) is 4.98 Å². The summed E-state index contributed by atoms with van der Waals surface area (Å²) in [5.74, 6) is 0.412. The number of aryl methyl sites for hydroxylation is 3. The Hall–Kier alpha value is -2.36. The predicted molar refractivity (Wildman–Crippen MR) is 83.8 cm³/mol. The summed E-state index contributed by atoms with van der Waals surface area (Å²) in [5.41, 5.74) is 11.5. The highest BCUT2D eigenvalue weighted by Gasteiger charge is 1.98. The molecule has 1 heterocycles. The van der Waals surface area contributed by atoms with Crippen molar-refractivity contribution in [3.63, 3.8) is 0 Å². The molecule has 0 saturated carbocycles. The van der Waals surface area contributed by atoms with Gasteiger partial charge in [-0.2, -0.15) is 0 Å². The van der Waals surface area contributed by atoms with Crippen LogP contribution in [-0.4, -0.2) is 10.9 Å². The third-order valence-electron chi connectivity index (χ3n) is 3.14. The Bertz CT molecular complexity index is 632. The first-order chi connectivity index (χ1) is 9.54. The van der Waals surface area contributed by atoms with E-state index in [4.69, 9.17) is 5.73 Å². The molecule has 0 aliphatic heterocycles. The van der Waals surface area contributed by atoms with E-state index in [-0.39, 0.29) is 0 Å². The van der Waals surface area contributed by atoms with Crippen LogP contribution in [0.25, 0.3) is 0 Å². The fourth-order valence-corrected chi connectivity index (χ4v) is 1.89. The maximum Gasteiger partial charge on any atom is 0.193 e. The van der Waals surface area contributed by atoms with E-state index in [1.54, 1.807) is 6.20 Å². The van der Waals surface area contributed by atoms with E-state index in [0.29, 0.717) is 12.5 Å². The number of pyridine rings is 1. The fraction of sp³-hybridized carbons (Fsp3) is 0.250. The van der Waals surface area contributed by atoms with Crippen molar-refractivity contribution in [2.75, 3.05) is 5.32 Å². The van der Waals surface area contributed by atoms with Crippen molar-refractivity contribution in [2.45, 2.75) is 27.3 Å². The van der Waals surface area contributed by atoms with E-state index in [1.165, 1.54) is 11.1 Å². The molecule has 104 valence electrons. The minimum atomic E-state index is 0.412. The van der Waals surface area contributed by atoms with E-state index in [1.807, 2.05) is 19.2 Å². The Morgan fingerprint density at radius 2 is 1.95 bits per heavy atom. The molecule has 0 radical (unpaired) electrons. The first-order valence-electron chi connectivity index (χ1n) is 6.59. The maximum absolute atomic E-state index is 5.90. The van der Waals surface area contributed by atoms with Crippen LogP contribution >= 0.6 is 0 Å². The van der Waals surface area contributed by atoms with Gasteiger partial charge in [-0.25, -0.2) is 4.99 Å². The number of guanidine groups is 1. The van der Waals surface area contributed by atoms with Gasteiger partial charge >= 0.3 is 0 Å². The normalized spacial score (nSPS) is 11.4. The molecule has 1 aromatic carbocycles. The van der Waals surface area contributed by atoms with Gasteiger partial charge in [-0.1, -0.05) is 12.1 Å². The minimum Gasteiger partial charge on any atom is -0.370 e. The highest BCUT2D eigenvalue weighted by atomic mass is 15.1. The molecule has 0 saturated heterocycles. The standard InChI is InChI=1S/C16H20N4/c1-11-6-14(9-18-8-11)10-19-16(17)20-15-5-4-12(2)13(3)7-15/h4-9H,10H2,1-3H3,(H3,17,19,20). The predicted octanol–water partition coefficient (Wildman–Crippen LogP) is 2.93. The first kappa shape index (κ1) is 14.1. The number of nitrogens with zero attached hydrogens (tertiary/aromatic N) is 2. The third-order valence-corrected chi connectivity index (χ3v) is 3.14. The van der Waals surface area contributed by atoms with Crippen molar-refractivity contribution in [2.24, 2.45) is 10.7 Å². The molecule has 20 heavy (non-hydrogen) atoms. The van der Waals surface area contributed by atoms with E-state index in [2.05, 4.69) is 47.3 Å². The molecule has 0 spiro atoms. The van der Waals surface area contributed by atoms with Crippen LogP contribution in [0.3, 0.4) is 0 Å². The van der Waals surface area contributed by atoms with Gasteiger partial charge in [-0.15, -0.1) is 0 Å². The Kier molecular flexibility index (Phi) is 4.35. The Morgan fingerprint density at radius 1 is 1.15 bits per heavy atom. The zero-order chi connectivity index (χ0) is 14.5. The monoisotopic (exact) mass is 268 g/mol. The van der Waals surface area contributed by atoms with Gasteiger partial charge in [0.15, 0.2) is 5.96 Å². The van der Waals surface area contributed by atoms with Gasteiger partial charge in [0.05, 0.1) is 6.54 Å². The topological polar surface area (TPSA) is 63.3 Å². The van der Waals surface area contributed by atoms with Crippen molar-refractivity contribution < 1.29 is 0 Å². The number of hydrogen-bond donors (Lipinski definition) is 2. The Labute approximate surface area is 119 Å². The largest absolute Gasteiger partial charge is 0.370 e. The molecule has 4 heteroatoms. The average Bonchev–Trinajstić information content (AvgIpc) is 2.41. The maximum atomic E-state index is 5.90. The molecule has 2 rings (SSSR count). The van der Waals surface area contributed by atoms with Gasteiger partial charge in [0, 0.05) is 18.1 Å². The van der Waals surface area contributed by atoms with Gasteiger partial charge in [0.25, 0.3) is 0 Å². The number of benzene rings is 1. The molecule has 0 bridgehead atoms. The Balaban J connectivity index is 2.02.